The third kappa shape index (κ3) is 3.03. The molecule has 0 spiro atoms. The van der Waals surface area contributed by atoms with Gasteiger partial charge in [0, 0.05) is 10.5 Å². The minimum Gasteiger partial charge on any atom is -0.389 e. The van der Waals surface area contributed by atoms with E-state index < -0.39 is 11.9 Å². The van der Waals surface area contributed by atoms with Crippen molar-refractivity contribution in [2.45, 2.75) is 26.6 Å². The van der Waals surface area contributed by atoms with Gasteiger partial charge in [-0.2, -0.15) is 0 Å². The number of rotatable bonds is 4. The van der Waals surface area contributed by atoms with Crippen LogP contribution in [0.3, 0.4) is 0 Å². The highest BCUT2D eigenvalue weighted by molar-refractivity contribution is 8.03. The number of aliphatic hydroxyl groups is 1. The first-order valence-electron chi connectivity index (χ1n) is 5.13. The maximum Gasteiger partial charge on any atom is 0.179 e. The van der Waals surface area contributed by atoms with E-state index in [0.717, 1.165) is 8.68 Å². The molecule has 18 heavy (non-hydrogen) atoms. The van der Waals surface area contributed by atoms with E-state index in [-0.39, 0.29) is 0 Å². The van der Waals surface area contributed by atoms with E-state index in [1.54, 1.807) is 19.1 Å². The molecule has 1 N–H and O–H groups in total. The molecule has 0 radical (unpaired) electrons. The highest BCUT2D eigenvalue weighted by Crippen LogP contribution is 2.37. The quantitative estimate of drug-likeness (QED) is 0.874. The predicted molar refractivity (Wildman–Crippen MR) is 72.8 cm³/mol. The summed E-state index contributed by atoms with van der Waals surface area (Å²) in [6, 6.07) is 4.75. The number of thioether (sulfide) groups is 1. The number of halogens is 1. The van der Waals surface area contributed by atoms with E-state index in [0.29, 0.717) is 10.5 Å². The van der Waals surface area contributed by atoms with Crippen LogP contribution in [-0.4, -0.2) is 21.6 Å². The first-order chi connectivity index (χ1) is 8.61. The third-order valence-corrected chi connectivity index (χ3v) is 5.22. The number of aliphatic hydroxyl groups excluding tert-OH is 1. The van der Waals surface area contributed by atoms with E-state index in [4.69, 9.17) is 0 Å². The van der Waals surface area contributed by atoms with E-state index in [9.17, 15) is 9.50 Å². The van der Waals surface area contributed by atoms with E-state index in [1.807, 2.05) is 6.26 Å². The summed E-state index contributed by atoms with van der Waals surface area (Å²) >= 11 is 4.30. The number of hydrogen-bond acceptors (Lipinski definition) is 6. The van der Waals surface area contributed by atoms with Gasteiger partial charge in [0.2, 0.25) is 0 Å². The second kappa shape index (κ2) is 6.01. The molecule has 1 atom stereocenters. The van der Waals surface area contributed by atoms with Crippen LogP contribution in [0, 0.1) is 5.82 Å². The molecule has 0 aliphatic rings. The van der Waals surface area contributed by atoms with Gasteiger partial charge in [0.15, 0.2) is 8.68 Å². The minimum atomic E-state index is -0.846. The summed E-state index contributed by atoms with van der Waals surface area (Å²) in [6.45, 7) is 1.55. The van der Waals surface area contributed by atoms with Crippen molar-refractivity contribution in [1.82, 2.24) is 10.2 Å². The minimum absolute atomic E-state index is 0.309. The lowest BCUT2D eigenvalue weighted by Gasteiger charge is -2.10. The summed E-state index contributed by atoms with van der Waals surface area (Å²) in [5.41, 5.74) is 0.309. The average molecular weight is 302 g/mol. The molecule has 0 amide bonds. The van der Waals surface area contributed by atoms with Crippen molar-refractivity contribution in [3.63, 3.8) is 0 Å². The van der Waals surface area contributed by atoms with Gasteiger partial charge in [0.05, 0.1) is 6.10 Å². The Bertz CT molecular complexity index is 545. The van der Waals surface area contributed by atoms with Crippen LogP contribution in [-0.2, 0) is 0 Å². The Hall–Kier alpha value is -0.630. The van der Waals surface area contributed by atoms with Crippen LogP contribution in [0.2, 0.25) is 0 Å². The molecule has 0 fully saturated rings. The Kier molecular flexibility index (Phi) is 4.60. The van der Waals surface area contributed by atoms with Gasteiger partial charge < -0.3 is 5.11 Å². The smallest absolute Gasteiger partial charge is 0.179 e. The number of hydrogen-bond donors (Lipinski definition) is 1. The van der Waals surface area contributed by atoms with Crippen molar-refractivity contribution < 1.29 is 9.50 Å². The largest absolute Gasteiger partial charge is 0.389 e. The highest BCUT2D eigenvalue weighted by Gasteiger charge is 2.16. The monoisotopic (exact) mass is 302 g/mol. The topological polar surface area (TPSA) is 46.0 Å². The van der Waals surface area contributed by atoms with Gasteiger partial charge in [-0.1, -0.05) is 40.9 Å². The van der Waals surface area contributed by atoms with Crippen molar-refractivity contribution in [2.24, 2.45) is 0 Å². The van der Waals surface area contributed by atoms with Crippen molar-refractivity contribution >= 4 is 34.9 Å². The zero-order valence-corrected chi connectivity index (χ0v) is 12.2. The molecule has 0 saturated carbocycles. The molecule has 0 aliphatic heterocycles. The van der Waals surface area contributed by atoms with Gasteiger partial charge in [-0.25, -0.2) is 4.39 Å². The fourth-order valence-corrected chi connectivity index (χ4v) is 4.06. The molecule has 0 unspecified atom stereocenters. The average Bonchev–Trinajstić information content (AvgIpc) is 2.76. The SMILES string of the molecule is CSc1nnc(Sc2cccc(F)c2[C@@H](C)O)s1. The molecule has 7 heteroatoms. The number of benzene rings is 1. The molecule has 96 valence electrons. The molecular weight excluding hydrogens is 291 g/mol. The maximum atomic E-state index is 13.7. The van der Waals surface area contributed by atoms with Gasteiger partial charge in [-0.05, 0) is 25.3 Å². The standard InChI is InChI=1S/C11H11FN2OS3/c1-6(15)9-7(12)4-3-5-8(9)17-11-14-13-10(16-2)18-11/h3-6,15H,1-2H3/t6-/m1/s1. The highest BCUT2D eigenvalue weighted by atomic mass is 32.2. The lowest BCUT2D eigenvalue weighted by Crippen LogP contribution is -1.98. The molecular formula is C11H11FN2OS3. The lowest BCUT2D eigenvalue weighted by molar-refractivity contribution is 0.191. The predicted octanol–water partition coefficient (Wildman–Crippen LogP) is 3.60. The van der Waals surface area contributed by atoms with Crippen molar-refractivity contribution in [2.75, 3.05) is 6.26 Å². The summed E-state index contributed by atoms with van der Waals surface area (Å²) in [6.07, 6.45) is 1.08. The third-order valence-electron chi connectivity index (χ3n) is 2.19. The fourth-order valence-electron chi connectivity index (χ4n) is 1.43. The molecule has 2 aromatic rings. The fraction of sp³-hybridized carbons (Fsp3) is 0.273. The van der Waals surface area contributed by atoms with Crippen LogP contribution >= 0.6 is 34.9 Å². The van der Waals surface area contributed by atoms with Crippen molar-refractivity contribution in [3.05, 3.63) is 29.6 Å². The maximum absolute atomic E-state index is 13.7. The summed E-state index contributed by atoms with van der Waals surface area (Å²) in [5, 5.41) is 17.6. The first-order valence-corrected chi connectivity index (χ1v) is 7.99. The lowest BCUT2D eigenvalue weighted by atomic mass is 10.1. The summed E-state index contributed by atoms with van der Waals surface area (Å²) in [7, 11) is 0. The Labute approximate surface area is 117 Å². The van der Waals surface area contributed by atoms with Gasteiger partial charge in [-0.3, -0.25) is 0 Å². The Morgan fingerprint density at radius 2 is 2.06 bits per heavy atom. The normalized spacial score (nSPS) is 12.7. The van der Waals surface area contributed by atoms with Gasteiger partial charge in [0.25, 0.3) is 0 Å². The Morgan fingerprint density at radius 1 is 1.33 bits per heavy atom. The van der Waals surface area contributed by atoms with Crippen LogP contribution in [0.15, 0.2) is 31.8 Å². The van der Waals surface area contributed by atoms with Crippen LogP contribution < -0.4 is 0 Å². The first kappa shape index (κ1) is 13.8. The molecule has 2 rings (SSSR count). The van der Waals surface area contributed by atoms with Crippen molar-refractivity contribution in [1.29, 1.82) is 0 Å². The van der Waals surface area contributed by atoms with Gasteiger partial charge in [-0.15, -0.1) is 10.2 Å². The van der Waals surface area contributed by atoms with Crippen LogP contribution in [0.4, 0.5) is 4.39 Å². The second-order valence-electron chi connectivity index (χ2n) is 3.47. The molecule has 0 saturated heterocycles. The van der Waals surface area contributed by atoms with E-state index in [2.05, 4.69) is 10.2 Å². The summed E-state index contributed by atoms with van der Waals surface area (Å²) in [4.78, 5) is 0.675. The molecule has 0 bridgehead atoms. The molecule has 1 aromatic carbocycles. The molecule has 3 nitrogen and oxygen atoms in total. The zero-order valence-electron chi connectivity index (χ0n) is 9.75. The summed E-state index contributed by atoms with van der Waals surface area (Å²) < 4.78 is 15.3. The van der Waals surface area contributed by atoms with Crippen LogP contribution in [0.5, 0.6) is 0 Å². The zero-order chi connectivity index (χ0) is 13.1. The van der Waals surface area contributed by atoms with Gasteiger partial charge in [0.1, 0.15) is 5.82 Å². The Balaban J connectivity index is 2.31. The van der Waals surface area contributed by atoms with Gasteiger partial charge >= 0.3 is 0 Å². The molecule has 1 heterocycles. The van der Waals surface area contributed by atoms with E-state index in [1.165, 1.54) is 40.9 Å². The second-order valence-corrected chi connectivity index (χ2v) is 6.79. The van der Waals surface area contributed by atoms with Crippen molar-refractivity contribution in [3.8, 4) is 0 Å². The van der Waals surface area contributed by atoms with E-state index >= 15 is 0 Å². The Morgan fingerprint density at radius 3 is 2.67 bits per heavy atom. The van der Waals surface area contributed by atoms with Crippen LogP contribution in [0.25, 0.3) is 0 Å². The molecule has 1 aromatic heterocycles. The number of nitrogens with zero attached hydrogens (tertiary/aromatic N) is 2. The summed E-state index contributed by atoms with van der Waals surface area (Å²) in [5.74, 6) is -0.399. The molecule has 0 aliphatic carbocycles. The van der Waals surface area contributed by atoms with Crippen LogP contribution in [0.1, 0.15) is 18.6 Å². The number of aromatic nitrogens is 2.